The molecule has 2 atom stereocenters. The fraction of sp³-hybridized carbons (Fsp3) is 0.867. The molecule has 1 fully saturated rings. The Bertz CT molecular complexity index is 350. The summed E-state index contributed by atoms with van der Waals surface area (Å²) in [6, 6.07) is 0.878. The van der Waals surface area contributed by atoms with Crippen LogP contribution in [-0.2, 0) is 9.59 Å². The van der Waals surface area contributed by atoms with E-state index in [4.69, 9.17) is 0 Å². The molecule has 0 spiro atoms. The summed E-state index contributed by atoms with van der Waals surface area (Å²) in [5.41, 5.74) is 0. The Kier molecular flexibility index (Phi) is 7.11. The molecule has 0 bridgehead atoms. The first-order valence-electron chi connectivity index (χ1n) is 7.87. The molecule has 6 heteroatoms. The van der Waals surface area contributed by atoms with Crippen molar-refractivity contribution >= 4 is 11.8 Å². The Morgan fingerprint density at radius 3 is 2.33 bits per heavy atom. The molecule has 0 aromatic carbocycles. The zero-order valence-corrected chi connectivity index (χ0v) is 14.0. The smallest absolute Gasteiger partial charge is 0.239 e. The molecule has 6 nitrogen and oxygen atoms in total. The molecule has 122 valence electrons. The lowest BCUT2D eigenvalue weighted by atomic mass is 10.1. The van der Waals surface area contributed by atoms with Crippen LogP contribution in [0, 0.1) is 0 Å². The quantitative estimate of drug-likeness (QED) is 0.727. The van der Waals surface area contributed by atoms with Gasteiger partial charge in [0, 0.05) is 37.8 Å². The largest absolute Gasteiger partial charge is 0.352 e. The molecule has 2 unspecified atom stereocenters. The van der Waals surface area contributed by atoms with Gasteiger partial charge in [-0.1, -0.05) is 0 Å². The van der Waals surface area contributed by atoms with Crippen molar-refractivity contribution in [3.05, 3.63) is 0 Å². The summed E-state index contributed by atoms with van der Waals surface area (Å²) in [7, 11) is 0. The van der Waals surface area contributed by atoms with Crippen molar-refractivity contribution in [3.63, 3.8) is 0 Å². The summed E-state index contributed by atoms with van der Waals surface area (Å²) in [5, 5.41) is 6.27. The number of piperazine rings is 1. The van der Waals surface area contributed by atoms with Gasteiger partial charge in [-0.25, -0.2) is 0 Å². The summed E-state index contributed by atoms with van der Waals surface area (Å²) in [4.78, 5) is 27.9. The summed E-state index contributed by atoms with van der Waals surface area (Å²) < 4.78 is 0. The van der Waals surface area contributed by atoms with E-state index in [0.29, 0.717) is 25.2 Å². The van der Waals surface area contributed by atoms with Gasteiger partial charge in [-0.15, -0.1) is 0 Å². The fourth-order valence-corrected chi connectivity index (χ4v) is 2.78. The van der Waals surface area contributed by atoms with Crippen LogP contribution in [0.25, 0.3) is 0 Å². The molecule has 1 saturated heterocycles. The molecule has 0 aromatic heterocycles. The van der Waals surface area contributed by atoms with E-state index < -0.39 is 0 Å². The van der Waals surface area contributed by atoms with Gasteiger partial charge in [-0.3, -0.25) is 14.5 Å². The molecule has 0 aromatic rings. The molecule has 1 aliphatic rings. The Balaban J connectivity index is 2.49. The van der Waals surface area contributed by atoms with Gasteiger partial charge in [-0.2, -0.15) is 0 Å². The van der Waals surface area contributed by atoms with Crippen LogP contribution in [0.2, 0.25) is 0 Å². The van der Waals surface area contributed by atoms with E-state index in [-0.39, 0.29) is 24.4 Å². The van der Waals surface area contributed by atoms with Crippen molar-refractivity contribution in [1.82, 2.24) is 20.4 Å². The lowest BCUT2D eigenvalue weighted by Crippen LogP contribution is -2.56. The number of hydrogen-bond donors (Lipinski definition) is 2. The maximum Gasteiger partial charge on any atom is 0.239 e. The SMILES string of the molecule is CCN(CC(=O)NC(C)C)C(=O)CN1CC(C)NC(C)C1. The van der Waals surface area contributed by atoms with Crippen LogP contribution in [0.15, 0.2) is 0 Å². The first-order chi connectivity index (χ1) is 9.81. The van der Waals surface area contributed by atoms with Gasteiger partial charge >= 0.3 is 0 Å². The van der Waals surface area contributed by atoms with E-state index in [1.54, 1.807) is 4.90 Å². The Hall–Kier alpha value is -1.14. The third-order valence-corrected chi connectivity index (χ3v) is 3.51. The van der Waals surface area contributed by atoms with Gasteiger partial charge in [0.1, 0.15) is 0 Å². The zero-order chi connectivity index (χ0) is 16.0. The first-order valence-corrected chi connectivity index (χ1v) is 7.87. The van der Waals surface area contributed by atoms with E-state index in [2.05, 4.69) is 29.4 Å². The van der Waals surface area contributed by atoms with Crippen molar-refractivity contribution in [2.45, 2.75) is 52.7 Å². The molecule has 1 rings (SSSR count). The van der Waals surface area contributed by atoms with Crippen molar-refractivity contribution in [3.8, 4) is 0 Å². The monoisotopic (exact) mass is 298 g/mol. The number of likely N-dealkylation sites (N-methyl/N-ethyl adjacent to an activating group) is 1. The van der Waals surface area contributed by atoms with Gasteiger partial charge in [0.15, 0.2) is 0 Å². The number of nitrogens with one attached hydrogen (secondary N) is 2. The first kappa shape index (κ1) is 17.9. The van der Waals surface area contributed by atoms with Gasteiger partial charge < -0.3 is 15.5 Å². The molecule has 0 aliphatic carbocycles. The third-order valence-electron chi connectivity index (χ3n) is 3.51. The summed E-state index contributed by atoms with van der Waals surface area (Å²) in [6.45, 7) is 12.8. The molecular weight excluding hydrogens is 268 g/mol. The summed E-state index contributed by atoms with van der Waals surface area (Å²) in [5.74, 6) is -0.0695. The van der Waals surface area contributed by atoms with Crippen LogP contribution >= 0.6 is 0 Å². The highest BCUT2D eigenvalue weighted by Crippen LogP contribution is 2.04. The van der Waals surface area contributed by atoms with E-state index in [0.717, 1.165) is 13.1 Å². The van der Waals surface area contributed by atoms with Gasteiger partial charge in [0.2, 0.25) is 11.8 Å². The van der Waals surface area contributed by atoms with Crippen LogP contribution in [0.1, 0.15) is 34.6 Å². The minimum atomic E-state index is -0.0951. The molecule has 2 amide bonds. The van der Waals surface area contributed by atoms with Gasteiger partial charge in [0.05, 0.1) is 13.1 Å². The van der Waals surface area contributed by atoms with Crippen molar-refractivity contribution in [2.75, 3.05) is 32.7 Å². The number of nitrogens with zero attached hydrogens (tertiary/aromatic N) is 2. The van der Waals surface area contributed by atoms with Crippen molar-refractivity contribution in [1.29, 1.82) is 0 Å². The Labute approximate surface area is 128 Å². The minimum absolute atomic E-state index is 0.0257. The highest BCUT2D eigenvalue weighted by Gasteiger charge is 2.24. The topological polar surface area (TPSA) is 64.7 Å². The summed E-state index contributed by atoms with van der Waals surface area (Å²) >= 11 is 0. The molecule has 0 saturated carbocycles. The second kappa shape index (κ2) is 8.34. The lowest BCUT2D eigenvalue weighted by Gasteiger charge is -2.36. The number of hydrogen-bond acceptors (Lipinski definition) is 4. The van der Waals surface area contributed by atoms with Crippen LogP contribution < -0.4 is 10.6 Å². The predicted octanol–water partition coefficient (Wildman–Crippen LogP) is 0.0417. The zero-order valence-electron chi connectivity index (χ0n) is 14.0. The standard InChI is InChI=1S/C15H30N4O2/c1-6-19(9-14(20)16-11(2)3)15(21)10-18-7-12(4)17-13(5)8-18/h11-13,17H,6-10H2,1-5H3,(H,16,20). The minimum Gasteiger partial charge on any atom is -0.352 e. The second-order valence-corrected chi connectivity index (χ2v) is 6.29. The van der Waals surface area contributed by atoms with Gasteiger partial charge in [0.25, 0.3) is 0 Å². The molecule has 2 N–H and O–H groups in total. The lowest BCUT2D eigenvalue weighted by molar-refractivity contribution is -0.137. The predicted molar refractivity (Wildman–Crippen MR) is 84.0 cm³/mol. The van der Waals surface area contributed by atoms with E-state index >= 15 is 0 Å². The third kappa shape index (κ3) is 6.44. The summed E-state index contributed by atoms with van der Waals surface area (Å²) in [6.07, 6.45) is 0. The van der Waals surface area contributed by atoms with Crippen LogP contribution in [0.4, 0.5) is 0 Å². The molecule has 1 heterocycles. The number of carbonyl (C=O) groups is 2. The van der Waals surface area contributed by atoms with Crippen LogP contribution in [0.5, 0.6) is 0 Å². The maximum atomic E-state index is 12.4. The number of rotatable bonds is 6. The molecular formula is C15H30N4O2. The number of carbonyl (C=O) groups excluding carboxylic acids is 2. The Morgan fingerprint density at radius 2 is 1.86 bits per heavy atom. The van der Waals surface area contributed by atoms with Crippen molar-refractivity contribution < 1.29 is 9.59 Å². The fourth-order valence-electron chi connectivity index (χ4n) is 2.78. The van der Waals surface area contributed by atoms with Crippen LogP contribution in [-0.4, -0.2) is 72.5 Å². The highest BCUT2D eigenvalue weighted by atomic mass is 16.2. The average Bonchev–Trinajstić information content (AvgIpc) is 2.33. The molecule has 21 heavy (non-hydrogen) atoms. The number of amides is 2. The van der Waals surface area contributed by atoms with E-state index in [1.165, 1.54) is 0 Å². The van der Waals surface area contributed by atoms with Gasteiger partial charge in [-0.05, 0) is 34.6 Å². The van der Waals surface area contributed by atoms with E-state index in [9.17, 15) is 9.59 Å². The average molecular weight is 298 g/mol. The highest BCUT2D eigenvalue weighted by molar-refractivity contribution is 5.85. The second-order valence-electron chi connectivity index (χ2n) is 6.29. The van der Waals surface area contributed by atoms with Crippen molar-refractivity contribution in [2.24, 2.45) is 0 Å². The maximum absolute atomic E-state index is 12.4. The molecule has 0 radical (unpaired) electrons. The Morgan fingerprint density at radius 1 is 1.29 bits per heavy atom. The van der Waals surface area contributed by atoms with Crippen LogP contribution in [0.3, 0.4) is 0 Å². The van der Waals surface area contributed by atoms with E-state index in [1.807, 2.05) is 20.8 Å². The molecule has 1 aliphatic heterocycles. The normalized spacial score (nSPS) is 23.1.